The van der Waals surface area contributed by atoms with Gasteiger partial charge in [-0.25, -0.2) is 0 Å². The minimum atomic E-state index is -4.39. The van der Waals surface area contributed by atoms with Crippen LogP contribution in [0.1, 0.15) is 23.6 Å². The van der Waals surface area contributed by atoms with E-state index in [-0.39, 0.29) is 12.0 Å². The van der Waals surface area contributed by atoms with E-state index < -0.39 is 17.8 Å². The molecule has 0 aliphatic heterocycles. The van der Waals surface area contributed by atoms with Crippen molar-refractivity contribution in [1.82, 2.24) is 0 Å². The fourth-order valence-corrected chi connectivity index (χ4v) is 1.96. The van der Waals surface area contributed by atoms with Gasteiger partial charge in [0.2, 0.25) is 0 Å². The van der Waals surface area contributed by atoms with Crippen LogP contribution in [-0.2, 0) is 6.18 Å². The maximum absolute atomic E-state index is 12.4. The van der Waals surface area contributed by atoms with Crippen LogP contribution >= 0.6 is 11.3 Å². The molecular weight excluding hydrogens is 213 g/mol. The van der Waals surface area contributed by atoms with Crippen molar-refractivity contribution >= 4 is 11.3 Å². The highest BCUT2D eigenvalue weighted by atomic mass is 32.1. The number of nitrogens with two attached hydrogens (primary N) is 1. The molecule has 1 atom stereocenters. The van der Waals surface area contributed by atoms with E-state index in [1.165, 1.54) is 5.38 Å². The van der Waals surface area contributed by atoms with Gasteiger partial charge in [0.15, 0.2) is 0 Å². The predicted molar refractivity (Wildman–Crippen MR) is 46.5 cm³/mol. The third kappa shape index (κ3) is 2.25. The Balaban J connectivity index is 3.00. The van der Waals surface area contributed by atoms with Crippen molar-refractivity contribution in [2.75, 3.05) is 0 Å². The number of nitriles is 1. The lowest BCUT2D eigenvalue weighted by Gasteiger charge is -2.11. The van der Waals surface area contributed by atoms with E-state index in [9.17, 15) is 13.2 Å². The van der Waals surface area contributed by atoms with Crippen LogP contribution < -0.4 is 5.73 Å². The first-order chi connectivity index (χ1) is 6.46. The van der Waals surface area contributed by atoms with Crippen LogP contribution in [0.4, 0.5) is 13.2 Å². The Morgan fingerprint density at radius 2 is 2.14 bits per heavy atom. The molecule has 0 saturated heterocycles. The number of nitrogens with zero attached hydrogens (tertiary/aromatic N) is 1. The lowest BCUT2D eigenvalue weighted by Crippen LogP contribution is -2.15. The van der Waals surface area contributed by atoms with Gasteiger partial charge >= 0.3 is 6.18 Å². The van der Waals surface area contributed by atoms with Gasteiger partial charge in [0.1, 0.15) is 0 Å². The molecule has 0 amide bonds. The number of hydrogen-bond donors (Lipinski definition) is 1. The second-order valence-corrected chi connectivity index (χ2v) is 3.45. The highest BCUT2D eigenvalue weighted by Crippen LogP contribution is 2.36. The maximum atomic E-state index is 12.4. The van der Waals surface area contributed by atoms with Gasteiger partial charge in [0.25, 0.3) is 0 Å². The topological polar surface area (TPSA) is 49.8 Å². The van der Waals surface area contributed by atoms with Gasteiger partial charge in [-0.1, -0.05) is 0 Å². The second kappa shape index (κ2) is 3.98. The Bertz CT molecular complexity index is 350. The molecule has 2 N–H and O–H groups in total. The van der Waals surface area contributed by atoms with Crippen molar-refractivity contribution in [2.45, 2.75) is 18.6 Å². The number of halogens is 3. The standard InChI is InChI=1S/C8H7F3N2S/c9-8(10,11)6-4-14-3-5(6)7(13)1-2-12/h3-4,7H,1,13H2/t7-/m1/s1. The summed E-state index contributed by atoms with van der Waals surface area (Å²) in [6.45, 7) is 0. The first-order valence-corrected chi connectivity index (χ1v) is 4.67. The summed E-state index contributed by atoms with van der Waals surface area (Å²) in [7, 11) is 0. The van der Waals surface area contributed by atoms with Crippen LogP contribution in [0.15, 0.2) is 10.8 Å². The zero-order valence-electron chi connectivity index (χ0n) is 7.01. The van der Waals surface area contributed by atoms with Crippen molar-refractivity contribution in [2.24, 2.45) is 5.73 Å². The van der Waals surface area contributed by atoms with Gasteiger partial charge in [0, 0.05) is 11.4 Å². The van der Waals surface area contributed by atoms with E-state index in [1.54, 1.807) is 6.07 Å². The second-order valence-electron chi connectivity index (χ2n) is 2.71. The average Bonchev–Trinajstić information content (AvgIpc) is 2.50. The zero-order valence-corrected chi connectivity index (χ0v) is 7.82. The molecule has 0 spiro atoms. The summed E-state index contributed by atoms with van der Waals surface area (Å²) in [6.07, 6.45) is -4.50. The molecule has 14 heavy (non-hydrogen) atoms. The zero-order chi connectivity index (χ0) is 10.8. The number of hydrogen-bond acceptors (Lipinski definition) is 3. The molecule has 0 aliphatic carbocycles. The van der Waals surface area contributed by atoms with Gasteiger partial charge < -0.3 is 5.73 Å². The van der Waals surface area contributed by atoms with E-state index in [2.05, 4.69) is 0 Å². The molecule has 0 aliphatic rings. The van der Waals surface area contributed by atoms with Crippen molar-refractivity contribution in [3.05, 3.63) is 21.9 Å². The highest BCUT2D eigenvalue weighted by Gasteiger charge is 2.35. The monoisotopic (exact) mass is 220 g/mol. The molecule has 0 unspecified atom stereocenters. The van der Waals surface area contributed by atoms with Crippen molar-refractivity contribution < 1.29 is 13.2 Å². The van der Waals surface area contributed by atoms with Crippen LogP contribution in [0.5, 0.6) is 0 Å². The summed E-state index contributed by atoms with van der Waals surface area (Å²) >= 11 is 0.938. The van der Waals surface area contributed by atoms with Crippen molar-refractivity contribution in [1.29, 1.82) is 5.26 Å². The van der Waals surface area contributed by atoms with Gasteiger partial charge in [-0.3, -0.25) is 0 Å². The normalized spacial score (nSPS) is 13.6. The predicted octanol–water partition coefficient (Wildman–Crippen LogP) is 2.68. The quantitative estimate of drug-likeness (QED) is 0.832. The lowest BCUT2D eigenvalue weighted by atomic mass is 10.0. The summed E-state index contributed by atoms with van der Waals surface area (Å²) in [6, 6.07) is 0.888. The van der Waals surface area contributed by atoms with Gasteiger partial charge in [-0.15, -0.1) is 0 Å². The third-order valence-electron chi connectivity index (χ3n) is 1.71. The number of alkyl halides is 3. The molecule has 0 bridgehead atoms. The molecule has 1 aromatic heterocycles. The summed E-state index contributed by atoms with van der Waals surface area (Å²) < 4.78 is 37.1. The summed E-state index contributed by atoms with van der Waals surface area (Å²) in [5.74, 6) is 0. The molecule has 2 nitrogen and oxygen atoms in total. The molecule has 0 radical (unpaired) electrons. The van der Waals surface area contributed by atoms with E-state index in [1.807, 2.05) is 0 Å². The fraction of sp³-hybridized carbons (Fsp3) is 0.375. The molecule has 1 heterocycles. The van der Waals surface area contributed by atoms with E-state index >= 15 is 0 Å². The molecule has 0 saturated carbocycles. The fourth-order valence-electron chi connectivity index (χ4n) is 1.03. The molecule has 1 rings (SSSR count). The Hall–Kier alpha value is -1.06. The van der Waals surface area contributed by atoms with Crippen LogP contribution in [0.3, 0.4) is 0 Å². The first-order valence-electron chi connectivity index (χ1n) is 3.72. The molecular formula is C8H7F3N2S. The molecule has 0 aromatic carbocycles. The van der Waals surface area contributed by atoms with Crippen molar-refractivity contribution in [3.8, 4) is 6.07 Å². The third-order valence-corrected chi connectivity index (χ3v) is 2.47. The average molecular weight is 220 g/mol. The number of thiophene rings is 1. The highest BCUT2D eigenvalue weighted by molar-refractivity contribution is 7.08. The summed E-state index contributed by atoms with van der Waals surface area (Å²) in [4.78, 5) is 0. The molecule has 1 aromatic rings. The van der Waals surface area contributed by atoms with Crippen LogP contribution in [0.25, 0.3) is 0 Å². The minimum Gasteiger partial charge on any atom is -0.323 e. The largest absolute Gasteiger partial charge is 0.417 e. The van der Waals surface area contributed by atoms with E-state index in [4.69, 9.17) is 11.0 Å². The Kier molecular flexibility index (Phi) is 3.13. The van der Waals surface area contributed by atoms with Crippen LogP contribution in [0, 0.1) is 11.3 Å². The Morgan fingerprint density at radius 3 is 2.64 bits per heavy atom. The van der Waals surface area contributed by atoms with Crippen LogP contribution in [0.2, 0.25) is 0 Å². The molecule has 76 valence electrons. The molecule has 0 fully saturated rings. The number of rotatable bonds is 2. The van der Waals surface area contributed by atoms with Crippen LogP contribution in [-0.4, -0.2) is 0 Å². The molecule has 6 heteroatoms. The lowest BCUT2D eigenvalue weighted by molar-refractivity contribution is -0.138. The smallest absolute Gasteiger partial charge is 0.323 e. The van der Waals surface area contributed by atoms with Gasteiger partial charge in [-0.2, -0.15) is 29.8 Å². The Morgan fingerprint density at radius 1 is 1.50 bits per heavy atom. The van der Waals surface area contributed by atoms with E-state index in [0.717, 1.165) is 16.7 Å². The Labute approximate surface area is 82.8 Å². The summed E-state index contributed by atoms with van der Waals surface area (Å²) in [5.41, 5.74) is 4.70. The first kappa shape index (κ1) is 11.0. The summed E-state index contributed by atoms with van der Waals surface area (Å²) in [5, 5.41) is 10.7. The van der Waals surface area contributed by atoms with E-state index in [0.29, 0.717) is 0 Å². The van der Waals surface area contributed by atoms with Crippen molar-refractivity contribution in [3.63, 3.8) is 0 Å². The SMILES string of the molecule is N#CC[C@@H](N)c1cscc1C(F)(F)F. The minimum absolute atomic E-state index is 0.00375. The van der Waals surface area contributed by atoms with Gasteiger partial charge in [-0.05, 0) is 10.9 Å². The maximum Gasteiger partial charge on any atom is 0.417 e. The van der Waals surface area contributed by atoms with Gasteiger partial charge in [0.05, 0.1) is 18.1 Å².